The number of aryl methyl sites for hydroxylation is 2. The smallest absolute Gasteiger partial charge is 0.349 e. The first-order chi connectivity index (χ1) is 13.6. The van der Waals surface area contributed by atoms with Gasteiger partial charge in [-0.2, -0.15) is 5.26 Å². The summed E-state index contributed by atoms with van der Waals surface area (Å²) in [6, 6.07) is 10.9. The molecule has 5 nitrogen and oxygen atoms in total. The van der Waals surface area contributed by atoms with Crippen molar-refractivity contribution in [1.29, 1.82) is 5.26 Å². The summed E-state index contributed by atoms with van der Waals surface area (Å²) in [6.45, 7) is 12.5. The van der Waals surface area contributed by atoms with Gasteiger partial charge < -0.3 is 9.30 Å². The quantitative estimate of drug-likeness (QED) is 0.294. The molecule has 1 aromatic heterocycles. The van der Waals surface area contributed by atoms with Gasteiger partial charge >= 0.3 is 5.97 Å². The molecule has 0 amide bonds. The number of rotatable bonds is 7. The predicted molar refractivity (Wildman–Crippen MR) is 113 cm³/mol. The highest BCUT2D eigenvalue weighted by Gasteiger charge is 2.22. The zero-order valence-corrected chi connectivity index (χ0v) is 17.9. The molecule has 2 rings (SSSR count). The van der Waals surface area contributed by atoms with Crippen molar-refractivity contribution in [3.8, 4) is 6.07 Å². The lowest BCUT2D eigenvalue weighted by Crippen LogP contribution is -2.25. The van der Waals surface area contributed by atoms with Crippen LogP contribution in [0.2, 0.25) is 0 Å². The molecular formula is C24H28N2O3. The van der Waals surface area contributed by atoms with Gasteiger partial charge in [-0.3, -0.25) is 4.79 Å². The molecule has 0 aliphatic rings. The summed E-state index contributed by atoms with van der Waals surface area (Å²) in [5.41, 5.74) is 4.23. The van der Waals surface area contributed by atoms with Crippen molar-refractivity contribution in [2.75, 3.05) is 0 Å². The number of carbonyl (C=O) groups is 2. The summed E-state index contributed by atoms with van der Waals surface area (Å²) >= 11 is 0. The van der Waals surface area contributed by atoms with Gasteiger partial charge in [-0.1, -0.05) is 43.7 Å². The fourth-order valence-electron chi connectivity index (χ4n) is 3.14. The van der Waals surface area contributed by atoms with Gasteiger partial charge in [0, 0.05) is 23.5 Å². The number of esters is 1. The van der Waals surface area contributed by atoms with Crippen molar-refractivity contribution in [3.05, 3.63) is 64.0 Å². The third-order valence-corrected chi connectivity index (χ3v) is 4.79. The molecule has 0 unspecified atom stereocenters. The van der Waals surface area contributed by atoms with Crippen molar-refractivity contribution in [1.82, 2.24) is 4.57 Å². The molecule has 1 atom stereocenters. The van der Waals surface area contributed by atoms with E-state index in [1.807, 2.05) is 45.0 Å². The van der Waals surface area contributed by atoms with Crippen LogP contribution in [-0.2, 0) is 16.1 Å². The number of nitriles is 1. The molecule has 1 heterocycles. The van der Waals surface area contributed by atoms with Crippen LogP contribution >= 0.6 is 0 Å². The van der Waals surface area contributed by atoms with Crippen molar-refractivity contribution < 1.29 is 14.3 Å². The van der Waals surface area contributed by atoms with E-state index < -0.39 is 12.1 Å². The maximum absolute atomic E-state index is 12.5. The van der Waals surface area contributed by atoms with Gasteiger partial charge in [-0.25, -0.2) is 4.79 Å². The largest absolute Gasteiger partial charge is 0.450 e. The molecule has 0 N–H and O–H groups in total. The van der Waals surface area contributed by atoms with Crippen molar-refractivity contribution in [2.24, 2.45) is 5.92 Å². The number of hydrogen-bond acceptors (Lipinski definition) is 4. The van der Waals surface area contributed by atoms with Crippen LogP contribution in [0.15, 0.2) is 35.9 Å². The first kappa shape index (κ1) is 22.2. The van der Waals surface area contributed by atoms with Crippen LogP contribution in [-0.4, -0.2) is 22.4 Å². The second-order valence-corrected chi connectivity index (χ2v) is 7.78. The van der Waals surface area contributed by atoms with Crippen molar-refractivity contribution in [3.63, 3.8) is 0 Å². The molecular weight excluding hydrogens is 364 g/mol. The Morgan fingerprint density at radius 1 is 1.14 bits per heavy atom. The number of benzene rings is 1. The fraction of sp³-hybridized carbons (Fsp3) is 0.375. The maximum Gasteiger partial charge on any atom is 0.349 e. The first-order valence-electron chi connectivity index (χ1n) is 9.74. The molecule has 0 spiro atoms. The number of aromatic nitrogens is 1. The number of Topliss-reactive ketones (excluding diaryl/α,β-unsaturated/α-hetero) is 1. The normalized spacial score (nSPS) is 12.6. The summed E-state index contributed by atoms with van der Waals surface area (Å²) < 4.78 is 7.44. The summed E-state index contributed by atoms with van der Waals surface area (Å²) in [5.74, 6) is -0.620. The average Bonchev–Trinajstić information content (AvgIpc) is 2.92. The Balaban J connectivity index is 2.19. The zero-order valence-electron chi connectivity index (χ0n) is 17.9. The van der Waals surface area contributed by atoms with Crippen molar-refractivity contribution in [2.45, 2.75) is 54.2 Å². The number of ketones is 1. The molecule has 2 aromatic rings. The highest BCUT2D eigenvalue weighted by Crippen LogP contribution is 2.20. The van der Waals surface area contributed by atoms with Crippen LogP contribution < -0.4 is 0 Å². The molecule has 0 saturated heterocycles. The van der Waals surface area contributed by atoms with Crippen LogP contribution in [0.4, 0.5) is 0 Å². The van der Waals surface area contributed by atoms with Gasteiger partial charge in [0.2, 0.25) is 5.78 Å². The molecule has 0 bridgehead atoms. The average molecular weight is 392 g/mol. The molecule has 0 aliphatic heterocycles. The van der Waals surface area contributed by atoms with E-state index in [0.717, 1.165) is 29.1 Å². The highest BCUT2D eigenvalue weighted by molar-refractivity contribution is 6.03. The maximum atomic E-state index is 12.5. The Morgan fingerprint density at radius 2 is 1.76 bits per heavy atom. The van der Waals surface area contributed by atoms with Crippen LogP contribution in [0.5, 0.6) is 0 Å². The Kier molecular flexibility index (Phi) is 7.17. The minimum Gasteiger partial charge on any atom is -0.450 e. The second kappa shape index (κ2) is 9.38. The molecule has 5 heteroatoms. The van der Waals surface area contributed by atoms with E-state index in [2.05, 4.69) is 18.4 Å². The number of carbonyl (C=O) groups excluding carboxylic acids is 2. The van der Waals surface area contributed by atoms with E-state index in [1.165, 1.54) is 13.0 Å². The second-order valence-electron chi connectivity index (χ2n) is 7.78. The topological polar surface area (TPSA) is 72.1 Å². The molecule has 152 valence electrons. The summed E-state index contributed by atoms with van der Waals surface area (Å²) in [7, 11) is 0. The lowest BCUT2D eigenvalue weighted by molar-refractivity contribution is -0.141. The number of ether oxygens (including phenoxy) is 1. The number of hydrogen-bond donors (Lipinski definition) is 0. The molecule has 0 fully saturated rings. The standard InChI is InChI=1S/C24H28N2O3/c1-15(2)14-26-17(4)11-21(18(26)5)12-22(13-25)24(28)29-19(6)23(27)20-9-7-16(3)8-10-20/h7-12,15,19H,14H2,1-6H3/b22-12+/t19-/m1/s1. The molecule has 1 aromatic carbocycles. The molecule has 29 heavy (non-hydrogen) atoms. The van der Waals surface area contributed by atoms with Crippen LogP contribution in [0.25, 0.3) is 6.08 Å². The molecule has 0 aliphatic carbocycles. The van der Waals surface area contributed by atoms with E-state index in [4.69, 9.17) is 4.74 Å². The Hall–Kier alpha value is -3.13. The SMILES string of the molecule is Cc1ccc(C(=O)[C@@H](C)OC(=O)/C(C#N)=C/c2cc(C)n(CC(C)C)c2C)cc1. The van der Waals surface area contributed by atoms with E-state index in [9.17, 15) is 14.9 Å². The van der Waals surface area contributed by atoms with Crippen molar-refractivity contribution >= 4 is 17.8 Å². The third-order valence-electron chi connectivity index (χ3n) is 4.79. The molecule has 0 radical (unpaired) electrons. The lowest BCUT2D eigenvalue weighted by Gasteiger charge is -2.13. The number of nitrogens with zero attached hydrogens (tertiary/aromatic N) is 2. The molecule has 0 saturated carbocycles. The van der Waals surface area contributed by atoms with Gasteiger partial charge in [-0.15, -0.1) is 0 Å². The summed E-state index contributed by atoms with van der Waals surface area (Å²) in [4.78, 5) is 25.0. The van der Waals surface area contributed by atoms with Crippen LogP contribution in [0.1, 0.15) is 53.6 Å². The summed E-state index contributed by atoms with van der Waals surface area (Å²) in [5, 5.41) is 9.46. The summed E-state index contributed by atoms with van der Waals surface area (Å²) in [6.07, 6.45) is 0.556. The van der Waals surface area contributed by atoms with E-state index in [-0.39, 0.29) is 11.4 Å². The predicted octanol–water partition coefficient (Wildman–Crippen LogP) is 4.79. The van der Waals surface area contributed by atoms with E-state index in [0.29, 0.717) is 11.5 Å². The Labute approximate surface area is 172 Å². The van der Waals surface area contributed by atoms with E-state index in [1.54, 1.807) is 12.1 Å². The van der Waals surface area contributed by atoms with Gasteiger partial charge in [0.05, 0.1) is 0 Å². The fourth-order valence-corrected chi connectivity index (χ4v) is 3.14. The van der Waals surface area contributed by atoms with Gasteiger partial charge in [0.1, 0.15) is 11.6 Å². The first-order valence-corrected chi connectivity index (χ1v) is 9.74. The Bertz CT molecular complexity index is 973. The van der Waals surface area contributed by atoms with Gasteiger partial charge in [-0.05, 0) is 51.3 Å². The van der Waals surface area contributed by atoms with Crippen LogP contribution in [0, 0.1) is 38.0 Å². The minimum absolute atomic E-state index is 0.127. The minimum atomic E-state index is -0.977. The lowest BCUT2D eigenvalue weighted by atomic mass is 10.1. The monoisotopic (exact) mass is 392 g/mol. The van der Waals surface area contributed by atoms with Crippen LogP contribution in [0.3, 0.4) is 0 Å². The van der Waals surface area contributed by atoms with Gasteiger partial charge in [0.15, 0.2) is 6.10 Å². The highest BCUT2D eigenvalue weighted by atomic mass is 16.5. The van der Waals surface area contributed by atoms with Gasteiger partial charge in [0.25, 0.3) is 0 Å². The Morgan fingerprint density at radius 3 is 2.31 bits per heavy atom. The third kappa shape index (κ3) is 5.45. The zero-order chi connectivity index (χ0) is 21.7. The van der Waals surface area contributed by atoms with E-state index >= 15 is 0 Å².